The summed E-state index contributed by atoms with van der Waals surface area (Å²) in [5, 5.41) is 8.92. The number of hydrogen-bond donors (Lipinski definition) is 1. The quantitative estimate of drug-likeness (QED) is 0.595. The first kappa shape index (κ1) is 22.4. The fourth-order valence-corrected chi connectivity index (χ4v) is 3.54. The van der Waals surface area contributed by atoms with Crippen LogP contribution in [0.2, 0.25) is 0 Å². The van der Waals surface area contributed by atoms with Gasteiger partial charge in [-0.3, -0.25) is 4.79 Å². The van der Waals surface area contributed by atoms with Crippen molar-refractivity contribution in [3.05, 3.63) is 65.7 Å². The van der Waals surface area contributed by atoms with Crippen LogP contribution >= 0.6 is 0 Å². The van der Waals surface area contributed by atoms with Crippen LogP contribution in [0.25, 0.3) is 5.69 Å². The number of hydrogen-bond acceptors (Lipinski definition) is 5. The molecule has 0 fully saturated rings. The van der Waals surface area contributed by atoms with Gasteiger partial charge >= 0.3 is 6.18 Å². The van der Waals surface area contributed by atoms with Crippen molar-refractivity contribution >= 4 is 21.6 Å². The smallest absolute Gasteiger partial charge is 0.320 e. The van der Waals surface area contributed by atoms with E-state index >= 15 is 0 Å². The van der Waals surface area contributed by atoms with Crippen molar-refractivity contribution in [2.75, 3.05) is 19.4 Å². The second-order valence-electron chi connectivity index (χ2n) is 6.44. The number of halogens is 4. The minimum atomic E-state index is -5.01. The van der Waals surface area contributed by atoms with E-state index in [1.807, 2.05) is 0 Å². The number of rotatable bonds is 5. The predicted molar refractivity (Wildman–Crippen MR) is 102 cm³/mol. The van der Waals surface area contributed by atoms with Crippen LogP contribution in [0.3, 0.4) is 0 Å². The Balaban J connectivity index is 1.99. The van der Waals surface area contributed by atoms with Gasteiger partial charge in [-0.05, 0) is 42.5 Å². The van der Waals surface area contributed by atoms with Crippen molar-refractivity contribution in [2.45, 2.75) is 11.1 Å². The maximum atomic E-state index is 13.7. The lowest BCUT2D eigenvalue weighted by atomic mass is 10.2. The average Bonchev–Trinajstić information content (AvgIpc) is 3.14. The number of carbonyl (C=O) groups excluding carboxylic acids is 1. The first-order valence-corrected chi connectivity index (χ1v) is 9.98. The minimum Gasteiger partial charge on any atom is -0.320 e. The number of anilines is 1. The molecule has 0 spiro atoms. The average molecular weight is 457 g/mol. The molecule has 0 saturated carbocycles. The lowest BCUT2D eigenvalue weighted by Crippen LogP contribution is -2.23. The molecule has 1 N–H and O–H groups in total. The number of nitrogens with one attached hydrogen (secondary N) is 1. The molecular formula is C18H15F4N5O3S. The fraction of sp³-hybridized carbons (Fsp3) is 0.167. The van der Waals surface area contributed by atoms with Gasteiger partial charge in [0.15, 0.2) is 11.4 Å². The zero-order chi connectivity index (χ0) is 23.0. The first-order valence-electron chi connectivity index (χ1n) is 8.54. The van der Waals surface area contributed by atoms with Gasteiger partial charge in [0.25, 0.3) is 5.91 Å². The Morgan fingerprint density at radius 1 is 1.10 bits per heavy atom. The molecule has 13 heteroatoms. The van der Waals surface area contributed by atoms with E-state index < -0.39 is 39.3 Å². The van der Waals surface area contributed by atoms with E-state index in [1.165, 1.54) is 32.3 Å². The summed E-state index contributed by atoms with van der Waals surface area (Å²) in [7, 11) is -1.21. The number of benzene rings is 2. The van der Waals surface area contributed by atoms with Gasteiger partial charge in [0.1, 0.15) is 5.82 Å². The molecule has 3 rings (SSSR count). The van der Waals surface area contributed by atoms with Gasteiger partial charge in [-0.15, -0.1) is 5.10 Å². The third kappa shape index (κ3) is 4.56. The van der Waals surface area contributed by atoms with E-state index in [9.17, 15) is 30.8 Å². The lowest BCUT2D eigenvalue weighted by molar-refractivity contribution is -0.143. The number of aromatic nitrogens is 3. The van der Waals surface area contributed by atoms with Crippen LogP contribution in [0.1, 0.15) is 16.2 Å². The third-order valence-electron chi connectivity index (χ3n) is 4.10. The van der Waals surface area contributed by atoms with Crippen molar-refractivity contribution < 1.29 is 30.8 Å². The Hall–Kier alpha value is -3.32. The van der Waals surface area contributed by atoms with Crippen LogP contribution in [0.4, 0.5) is 23.2 Å². The Labute approximate surface area is 174 Å². The van der Waals surface area contributed by atoms with Gasteiger partial charge in [-0.2, -0.15) is 13.2 Å². The molecule has 0 aliphatic rings. The summed E-state index contributed by atoms with van der Waals surface area (Å²) < 4.78 is 79.9. The van der Waals surface area contributed by atoms with Crippen molar-refractivity contribution in [1.82, 2.24) is 19.3 Å². The molecule has 1 amide bonds. The molecule has 0 bridgehead atoms. The molecule has 0 saturated heterocycles. The zero-order valence-electron chi connectivity index (χ0n) is 16.1. The van der Waals surface area contributed by atoms with Gasteiger partial charge in [-0.25, -0.2) is 21.8 Å². The zero-order valence-corrected chi connectivity index (χ0v) is 16.9. The van der Waals surface area contributed by atoms with Crippen LogP contribution in [-0.4, -0.2) is 47.7 Å². The van der Waals surface area contributed by atoms with Gasteiger partial charge in [-0.1, -0.05) is 11.3 Å². The molecular weight excluding hydrogens is 442 g/mol. The van der Waals surface area contributed by atoms with Crippen LogP contribution in [-0.2, 0) is 16.2 Å². The van der Waals surface area contributed by atoms with E-state index in [1.54, 1.807) is 0 Å². The molecule has 0 unspecified atom stereocenters. The van der Waals surface area contributed by atoms with Gasteiger partial charge in [0.05, 0.1) is 10.6 Å². The van der Waals surface area contributed by atoms with Crippen LogP contribution < -0.4 is 5.32 Å². The van der Waals surface area contributed by atoms with Crippen molar-refractivity contribution in [3.63, 3.8) is 0 Å². The molecule has 164 valence electrons. The van der Waals surface area contributed by atoms with E-state index in [-0.39, 0.29) is 16.3 Å². The lowest BCUT2D eigenvalue weighted by Gasteiger charge is -2.13. The number of carbonyl (C=O) groups is 1. The van der Waals surface area contributed by atoms with Crippen molar-refractivity contribution in [1.29, 1.82) is 0 Å². The van der Waals surface area contributed by atoms with Crippen LogP contribution in [0.15, 0.2) is 53.4 Å². The predicted octanol–water partition coefficient (Wildman–Crippen LogP) is 2.93. The van der Waals surface area contributed by atoms with Gasteiger partial charge in [0.2, 0.25) is 10.0 Å². The highest BCUT2D eigenvalue weighted by Crippen LogP contribution is 2.33. The summed E-state index contributed by atoms with van der Waals surface area (Å²) in [4.78, 5) is 12.4. The van der Waals surface area contributed by atoms with E-state index in [0.29, 0.717) is 4.68 Å². The maximum absolute atomic E-state index is 13.7. The number of alkyl halides is 3. The first-order chi connectivity index (χ1) is 14.4. The van der Waals surface area contributed by atoms with Crippen molar-refractivity contribution in [2.24, 2.45) is 0 Å². The third-order valence-corrected chi connectivity index (χ3v) is 5.91. The monoisotopic (exact) mass is 457 g/mol. The summed E-state index contributed by atoms with van der Waals surface area (Å²) in [6.07, 6.45) is -5.01. The summed E-state index contributed by atoms with van der Waals surface area (Å²) in [5.41, 5.74) is -2.71. The highest BCUT2D eigenvalue weighted by molar-refractivity contribution is 7.89. The molecule has 3 aromatic rings. The summed E-state index contributed by atoms with van der Waals surface area (Å²) in [5.74, 6) is -1.91. The number of nitrogens with zero attached hydrogens (tertiary/aromatic N) is 4. The maximum Gasteiger partial charge on any atom is 0.435 e. The van der Waals surface area contributed by atoms with E-state index in [2.05, 4.69) is 15.6 Å². The summed E-state index contributed by atoms with van der Waals surface area (Å²) in [6, 6.07) is 8.99. The Bertz CT molecular complexity index is 1220. The molecule has 1 aromatic heterocycles. The van der Waals surface area contributed by atoms with E-state index in [0.717, 1.165) is 34.6 Å². The van der Waals surface area contributed by atoms with E-state index in [4.69, 9.17) is 0 Å². The summed E-state index contributed by atoms with van der Waals surface area (Å²) in [6.45, 7) is 0. The molecule has 1 heterocycles. The molecule has 0 radical (unpaired) electrons. The molecule has 2 aromatic carbocycles. The largest absolute Gasteiger partial charge is 0.435 e. The molecule has 0 aliphatic heterocycles. The standard InChI is InChI=1S/C18H15F4N5O3S/c1-26(2)31(29,30)14-5-3-4-12(10-14)23-17(28)15-16(18(20,21)22)27(25-24-15)13-8-6-11(19)7-9-13/h3-10H,1-2H3,(H,23,28). The fourth-order valence-electron chi connectivity index (χ4n) is 2.59. The van der Waals surface area contributed by atoms with Crippen LogP contribution in [0, 0.1) is 5.82 Å². The SMILES string of the molecule is CN(C)S(=O)(=O)c1cccc(NC(=O)c2nnn(-c3ccc(F)cc3)c2C(F)(F)F)c1. The Morgan fingerprint density at radius 2 is 1.74 bits per heavy atom. The second kappa shape index (κ2) is 8.07. The Kier molecular flexibility index (Phi) is 5.83. The highest BCUT2D eigenvalue weighted by Gasteiger charge is 2.42. The number of sulfonamides is 1. The number of amides is 1. The minimum absolute atomic E-state index is 0.0580. The second-order valence-corrected chi connectivity index (χ2v) is 8.59. The van der Waals surface area contributed by atoms with Crippen molar-refractivity contribution in [3.8, 4) is 5.69 Å². The van der Waals surface area contributed by atoms with Gasteiger partial charge in [0, 0.05) is 19.8 Å². The van der Waals surface area contributed by atoms with Crippen LogP contribution in [0.5, 0.6) is 0 Å². The molecule has 8 nitrogen and oxygen atoms in total. The Morgan fingerprint density at radius 3 is 2.32 bits per heavy atom. The molecule has 31 heavy (non-hydrogen) atoms. The molecule has 0 atom stereocenters. The summed E-state index contributed by atoms with van der Waals surface area (Å²) >= 11 is 0. The van der Waals surface area contributed by atoms with Gasteiger partial charge < -0.3 is 5.32 Å². The highest BCUT2D eigenvalue weighted by atomic mass is 32.2. The topological polar surface area (TPSA) is 97.2 Å². The normalized spacial score (nSPS) is 12.2. The molecule has 0 aliphatic carbocycles.